The van der Waals surface area contributed by atoms with Gasteiger partial charge in [-0.05, 0) is 19.4 Å². The highest BCUT2D eigenvalue weighted by atomic mass is 16.6. The topological polar surface area (TPSA) is 38.8 Å². The Morgan fingerprint density at radius 3 is 2.20 bits per heavy atom. The number of epoxide rings is 1. The van der Waals surface area contributed by atoms with Gasteiger partial charge in [0.1, 0.15) is 0 Å². The van der Waals surface area contributed by atoms with Gasteiger partial charge >= 0.3 is 5.97 Å². The second-order valence-electron chi connectivity index (χ2n) is 5.69. The van der Waals surface area contributed by atoms with Crippen LogP contribution in [0.4, 0.5) is 0 Å². The molecule has 1 saturated heterocycles. The average Bonchev–Trinajstić information content (AvgIpc) is 3.24. The van der Waals surface area contributed by atoms with E-state index in [0.29, 0.717) is 12.2 Å². The van der Waals surface area contributed by atoms with Gasteiger partial charge in [-0.1, -0.05) is 58.3 Å². The van der Waals surface area contributed by atoms with E-state index in [1.54, 1.807) is 6.92 Å². The van der Waals surface area contributed by atoms with Gasteiger partial charge in [-0.2, -0.15) is 0 Å². The normalized spacial score (nSPS) is 18.1. The van der Waals surface area contributed by atoms with Gasteiger partial charge in [-0.3, -0.25) is 0 Å². The number of hydrogen-bond donors (Lipinski definition) is 0. The monoisotopic (exact) mass is 282 g/mol. The Labute approximate surface area is 123 Å². The zero-order chi connectivity index (χ0) is 14.6. The molecule has 0 aliphatic carbocycles. The molecule has 0 radical (unpaired) electrons. The van der Waals surface area contributed by atoms with E-state index in [4.69, 9.17) is 9.47 Å². The smallest absolute Gasteiger partial charge is 0.333 e. The van der Waals surface area contributed by atoms with Gasteiger partial charge in [-0.15, -0.1) is 0 Å². The first kappa shape index (κ1) is 17.2. The zero-order valence-corrected chi connectivity index (χ0v) is 13.2. The molecule has 1 rings (SSSR count). The summed E-state index contributed by atoms with van der Waals surface area (Å²) in [5.74, 6) is -0.194. The molecule has 0 saturated carbocycles. The highest BCUT2D eigenvalue weighted by molar-refractivity contribution is 5.87. The van der Waals surface area contributed by atoms with Crippen LogP contribution in [-0.4, -0.2) is 25.3 Å². The quantitative estimate of drug-likeness (QED) is 0.230. The van der Waals surface area contributed by atoms with Crippen molar-refractivity contribution in [1.29, 1.82) is 0 Å². The number of carbonyl (C=O) groups is 1. The lowest BCUT2D eigenvalue weighted by molar-refractivity contribution is -0.139. The number of carbonyl (C=O) groups excluding carboxylic acids is 1. The summed E-state index contributed by atoms with van der Waals surface area (Å²) in [5.41, 5.74) is 0.670. The Balaban J connectivity index is 1.85. The fourth-order valence-electron chi connectivity index (χ4n) is 2.19. The minimum atomic E-state index is -0.194. The molecule has 0 aromatic rings. The molecule has 0 aromatic carbocycles. The molecule has 0 bridgehead atoms. The van der Waals surface area contributed by atoms with E-state index in [0.717, 1.165) is 19.4 Å². The van der Waals surface area contributed by atoms with Crippen molar-refractivity contribution in [3.05, 3.63) is 11.6 Å². The molecule has 1 aliphatic rings. The van der Waals surface area contributed by atoms with E-state index in [-0.39, 0.29) is 12.1 Å². The lowest BCUT2D eigenvalue weighted by atomic mass is 10.1. The first-order valence-corrected chi connectivity index (χ1v) is 8.21. The van der Waals surface area contributed by atoms with Crippen LogP contribution in [0, 0.1) is 0 Å². The molecule has 3 nitrogen and oxygen atoms in total. The highest BCUT2D eigenvalue weighted by Gasteiger charge is 2.21. The first-order chi connectivity index (χ1) is 9.74. The van der Waals surface area contributed by atoms with Crippen LogP contribution < -0.4 is 0 Å². The van der Waals surface area contributed by atoms with Gasteiger partial charge in [0, 0.05) is 5.57 Å². The predicted molar refractivity (Wildman–Crippen MR) is 81.7 cm³/mol. The highest BCUT2D eigenvalue weighted by Crippen LogP contribution is 2.14. The van der Waals surface area contributed by atoms with Crippen LogP contribution in [0.1, 0.15) is 71.6 Å². The van der Waals surface area contributed by atoms with Crippen LogP contribution in [0.5, 0.6) is 0 Å². The minimum Gasteiger partial charge on any atom is -0.462 e. The van der Waals surface area contributed by atoms with E-state index in [1.165, 1.54) is 44.9 Å². The van der Waals surface area contributed by atoms with Crippen molar-refractivity contribution >= 4 is 5.97 Å². The van der Waals surface area contributed by atoms with Crippen LogP contribution in [0.2, 0.25) is 0 Å². The van der Waals surface area contributed by atoms with Crippen molar-refractivity contribution in [3.63, 3.8) is 0 Å². The van der Waals surface area contributed by atoms with E-state index in [9.17, 15) is 4.79 Å². The lowest BCUT2D eigenvalue weighted by Gasteiger charge is -2.05. The fraction of sp³-hybridized carbons (Fsp3) is 0.824. The maximum atomic E-state index is 11.6. The largest absolute Gasteiger partial charge is 0.462 e. The average molecular weight is 282 g/mol. The van der Waals surface area contributed by atoms with Gasteiger partial charge in [0.15, 0.2) is 0 Å². The summed E-state index contributed by atoms with van der Waals surface area (Å²) in [5, 5.41) is 0. The van der Waals surface area contributed by atoms with Gasteiger partial charge in [-0.25, -0.2) is 4.79 Å². The molecule has 0 spiro atoms. The van der Waals surface area contributed by atoms with Gasteiger partial charge in [0.2, 0.25) is 0 Å². The molecule has 3 heteroatoms. The number of rotatable bonds is 12. The maximum absolute atomic E-state index is 11.6. The van der Waals surface area contributed by atoms with Gasteiger partial charge < -0.3 is 9.47 Å². The number of esters is 1. The zero-order valence-electron chi connectivity index (χ0n) is 13.2. The summed E-state index contributed by atoms with van der Waals surface area (Å²) in [4.78, 5) is 11.6. The summed E-state index contributed by atoms with van der Waals surface area (Å²) in [6.45, 7) is 5.32. The molecular formula is C17H30O3. The first-order valence-electron chi connectivity index (χ1n) is 8.21. The summed E-state index contributed by atoms with van der Waals surface area (Å²) >= 11 is 0. The maximum Gasteiger partial charge on any atom is 0.333 e. The molecule has 0 aromatic heterocycles. The third kappa shape index (κ3) is 9.13. The molecule has 0 amide bonds. The van der Waals surface area contributed by atoms with E-state index < -0.39 is 0 Å². The van der Waals surface area contributed by atoms with Crippen molar-refractivity contribution in [2.45, 2.75) is 77.7 Å². The molecule has 1 atom stereocenters. The second-order valence-corrected chi connectivity index (χ2v) is 5.69. The molecule has 20 heavy (non-hydrogen) atoms. The SMILES string of the molecule is CCCCCCCCCCCOC(=O)C(C)=CC1CO1. The number of hydrogen-bond acceptors (Lipinski definition) is 3. The van der Waals surface area contributed by atoms with E-state index >= 15 is 0 Å². The van der Waals surface area contributed by atoms with Crippen LogP contribution in [-0.2, 0) is 14.3 Å². The number of ether oxygens (including phenoxy) is 2. The molecule has 1 heterocycles. The van der Waals surface area contributed by atoms with Crippen LogP contribution in [0.3, 0.4) is 0 Å². The predicted octanol–water partition coefficient (Wildman–Crippen LogP) is 4.41. The second kappa shape index (κ2) is 10.9. The fourth-order valence-corrected chi connectivity index (χ4v) is 2.19. The molecule has 1 aliphatic heterocycles. The van der Waals surface area contributed by atoms with Crippen LogP contribution in [0.25, 0.3) is 0 Å². The summed E-state index contributed by atoms with van der Waals surface area (Å²) in [7, 11) is 0. The van der Waals surface area contributed by atoms with Crippen LogP contribution >= 0.6 is 0 Å². The summed E-state index contributed by atoms with van der Waals surface area (Å²) in [6, 6.07) is 0. The van der Waals surface area contributed by atoms with E-state index in [2.05, 4.69) is 6.92 Å². The van der Waals surface area contributed by atoms with Crippen molar-refractivity contribution in [2.75, 3.05) is 13.2 Å². The standard InChI is InChI=1S/C17H30O3/c1-3-4-5-6-7-8-9-10-11-12-19-17(18)15(2)13-16-14-20-16/h13,16H,3-12,14H2,1-2H3. The minimum absolute atomic E-state index is 0.148. The van der Waals surface area contributed by atoms with Gasteiger partial charge in [0.25, 0.3) is 0 Å². The summed E-state index contributed by atoms with van der Waals surface area (Å²) in [6.07, 6.45) is 13.5. The third-order valence-electron chi connectivity index (χ3n) is 3.60. The molecule has 116 valence electrons. The Morgan fingerprint density at radius 2 is 1.65 bits per heavy atom. The molecular weight excluding hydrogens is 252 g/mol. The Kier molecular flexibility index (Phi) is 9.38. The molecule has 1 unspecified atom stereocenters. The van der Waals surface area contributed by atoms with Crippen molar-refractivity contribution in [1.82, 2.24) is 0 Å². The Morgan fingerprint density at radius 1 is 1.10 bits per heavy atom. The van der Waals surface area contributed by atoms with Crippen LogP contribution in [0.15, 0.2) is 11.6 Å². The Bertz CT molecular complexity index is 293. The number of unbranched alkanes of at least 4 members (excludes halogenated alkanes) is 8. The third-order valence-corrected chi connectivity index (χ3v) is 3.60. The molecule has 0 N–H and O–H groups in total. The Hall–Kier alpha value is -0.830. The molecule has 1 fully saturated rings. The van der Waals surface area contributed by atoms with Gasteiger partial charge in [0.05, 0.1) is 19.3 Å². The summed E-state index contributed by atoms with van der Waals surface area (Å²) < 4.78 is 10.3. The van der Waals surface area contributed by atoms with Crippen molar-refractivity contribution in [3.8, 4) is 0 Å². The lowest BCUT2D eigenvalue weighted by Crippen LogP contribution is -2.07. The van der Waals surface area contributed by atoms with Crippen molar-refractivity contribution in [2.24, 2.45) is 0 Å². The van der Waals surface area contributed by atoms with E-state index in [1.807, 2.05) is 6.08 Å². The van der Waals surface area contributed by atoms with Crippen molar-refractivity contribution < 1.29 is 14.3 Å².